The highest BCUT2D eigenvalue weighted by Crippen LogP contribution is 2.37. The molecule has 17 heavy (non-hydrogen) atoms. The summed E-state index contributed by atoms with van der Waals surface area (Å²) in [5.74, 6) is 0.212. The van der Waals surface area contributed by atoms with E-state index in [4.69, 9.17) is 4.74 Å². The second kappa shape index (κ2) is 4.33. The maximum atomic E-state index is 11.7. The molecule has 3 atom stereocenters. The van der Waals surface area contributed by atoms with Gasteiger partial charge in [0.25, 0.3) is 5.56 Å². The summed E-state index contributed by atoms with van der Waals surface area (Å²) in [5.41, 5.74) is -0.00597. The summed E-state index contributed by atoms with van der Waals surface area (Å²) < 4.78 is 7.15. The van der Waals surface area contributed by atoms with Crippen LogP contribution in [0, 0.1) is 5.92 Å². The second-order valence-corrected chi connectivity index (χ2v) is 4.32. The first-order valence-electron chi connectivity index (χ1n) is 5.70. The first-order chi connectivity index (χ1) is 8.04. The standard InChI is InChI=1S/C12H16N2O3/c1-4-9-7(2)8(3)11(17-9)14-6-5-10(15)13-12(14)16/h5-7,9,11H,3-4H2,1-2H3,(H,13,15,16)/t7-,9+,11+/m0/s1. The monoisotopic (exact) mass is 236 g/mol. The summed E-state index contributed by atoms with van der Waals surface area (Å²) in [6, 6.07) is 1.31. The fourth-order valence-electron chi connectivity index (χ4n) is 2.14. The lowest BCUT2D eigenvalue weighted by Gasteiger charge is -2.14. The van der Waals surface area contributed by atoms with E-state index in [1.165, 1.54) is 16.8 Å². The normalized spacial score (nSPS) is 28.6. The van der Waals surface area contributed by atoms with E-state index in [2.05, 4.69) is 11.6 Å². The Bertz CT molecular complexity index is 543. The molecule has 1 saturated heterocycles. The minimum Gasteiger partial charge on any atom is -0.350 e. The molecule has 0 spiro atoms. The number of aromatic amines is 1. The number of rotatable bonds is 2. The van der Waals surface area contributed by atoms with Crippen LogP contribution in [0.1, 0.15) is 26.5 Å². The largest absolute Gasteiger partial charge is 0.350 e. The zero-order valence-corrected chi connectivity index (χ0v) is 9.97. The lowest BCUT2D eigenvalue weighted by atomic mass is 9.97. The van der Waals surface area contributed by atoms with Crippen molar-refractivity contribution in [2.45, 2.75) is 32.6 Å². The van der Waals surface area contributed by atoms with Crippen molar-refractivity contribution in [3.8, 4) is 0 Å². The Morgan fingerprint density at radius 1 is 1.53 bits per heavy atom. The van der Waals surface area contributed by atoms with E-state index in [-0.39, 0.29) is 12.0 Å². The van der Waals surface area contributed by atoms with E-state index in [9.17, 15) is 9.59 Å². The number of nitrogens with one attached hydrogen (secondary N) is 1. The van der Waals surface area contributed by atoms with Gasteiger partial charge in [-0.05, 0) is 12.0 Å². The number of H-pyrrole nitrogens is 1. The molecule has 0 bridgehead atoms. The maximum absolute atomic E-state index is 11.7. The topological polar surface area (TPSA) is 64.1 Å². The maximum Gasteiger partial charge on any atom is 0.330 e. The van der Waals surface area contributed by atoms with Gasteiger partial charge in [-0.1, -0.05) is 20.4 Å². The van der Waals surface area contributed by atoms with Crippen LogP contribution in [0.5, 0.6) is 0 Å². The molecule has 0 aromatic carbocycles. The lowest BCUT2D eigenvalue weighted by Crippen LogP contribution is -2.31. The summed E-state index contributed by atoms with van der Waals surface area (Å²) >= 11 is 0. The zero-order chi connectivity index (χ0) is 12.6. The van der Waals surface area contributed by atoms with Crippen molar-refractivity contribution in [3.63, 3.8) is 0 Å². The molecule has 5 nitrogen and oxygen atoms in total. The van der Waals surface area contributed by atoms with Crippen molar-refractivity contribution >= 4 is 0 Å². The molecule has 1 aromatic rings. The first-order valence-corrected chi connectivity index (χ1v) is 5.70. The Kier molecular flexibility index (Phi) is 3.02. The Morgan fingerprint density at radius 3 is 2.76 bits per heavy atom. The first kappa shape index (κ1) is 11.9. The quantitative estimate of drug-likeness (QED) is 0.780. The molecule has 92 valence electrons. The van der Waals surface area contributed by atoms with Gasteiger partial charge in [-0.25, -0.2) is 4.79 Å². The summed E-state index contributed by atoms with van der Waals surface area (Å²) in [5, 5.41) is 0. The van der Waals surface area contributed by atoms with Crippen molar-refractivity contribution in [2.24, 2.45) is 5.92 Å². The smallest absolute Gasteiger partial charge is 0.330 e. The van der Waals surface area contributed by atoms with Crippen molar-refractivity contribution in [1.29, 1.82) is 0 Å². The van der Waals surface area contributed by atoms with E-state index in [1.54, 1.807) is 0 Å². The van der Waals surface area contributed by atoms with Gasteiger partial charge in [0.1, 0.15) is 0 Å². The molecule has 1 aliphatic rings. The third-order valence-corrected chi connectivity index (χ3v) is 3.27. The Balaban J connectivity index is 2.39. The average molecular weight is 236 g/mol. The highest BCUT2D eigenvalue weighted by molar-refractivity contribution is 5.12. The van der Waals surface area contributed by atoms with E-state index in [0.29, 0.717) is 0 Å². The van der Waals surface area contributed by atoms with Gasteiger partial charge in [0, 0.05) is 18.2 Å². The van der Waals surface area contributed by atoms with Crippen LogP contribution in [0.15, 0.2) is 34.0 Å². The molecular formula is C12H16N2O3. The van der Waals surface area contributed by atoms with Gasteiger partial charge in [0.15, 0.2) is 6.23 Å². The van der Waals surface area contributed by atoms with Crippen LogP contribution in [-0.2, 0) is 4.74 Å². The van der Waals surface area contributed by atoms with Gasteiger partial charge < -0.3 is 4.74 Å². The molecule has 2 rings (SSSR count). The van der Waals surface area contributed by atoms with E-state index in [1.807, 2.05) is 13.8 Å². The van der Waals surface area contributed by atoms with Gasteiger partial charge >= 0.3 is 5.69 Å². The van der Waals surface area contributed by atoms with E-state index in [0.717, 1.165) is 12.0 Å². The minimum absolute atomic E-state index is 0.0753. The SMILES string of the molecule is C=C1[C@H](n2ccc(=O)[nH]c2=O)O[C@H](CC)[C@H]1C. The van der Waals surface area contributed by atoms with Crippen molar-refractivity contribution in [1.82, 2.24) is 9.55 Å². The summed E-state index contributed by atoms with van der Waals surface area (Å²) in [4.78, 5) is 24.9. The fraction of sp³-hybridized carbons (Fsp3) is 0.500. The molecule has 2 heterocycles. The van der Waals surface area contributed by atoms with Gasteiger partial charge in [-0.15, -0.1) is 0 Å². The van der Waals surface area contributed by atoms with E-state index < -0.39 is 17.5 Å². The zero-order valence-electron chi connectivity index (χ0n) is 9.97. The van der Waals surface area contributed by atoms with Crippen LogP contribution in [0.4, 0.5) is 0 Å². The Hall–Kier alpha value is -1.62. The van der Waals surface area contributed by atoms with Crippen molar-refractivity contribution in [3.05, 3.63) is 45.3 Å². The predicted molar refractivity (Wildman–Crippen MR) is 63.8 cm³/mol. The average Bonchev–Trinajstić information content (AvgIpc) is 2.57. The Labute approximate surface area is 98.7 Å². The fourth-order valence-corrected chi connectivity index (χ4v) is 2.14. The molecule has 1 fully saturated rings. The van der Waals surface area contributed by atoms with Crippen LogP contribution >= 0.6 is 0 Å². The van der Waals surface area contributed by atoms with Crippen LogP contribution in [-0.4, -0.2) is 15.7 Å². The summed E-state index contributed by atoms with van der Waals surface area (Å²) in [7, 11) is 0. The van der Waals surface area contributed by atoms with Crippen molar-refractivity contribution in [2.75, 3.05) is 0 Å². The molecular weight excluding hydrogens is 220 g/mol. The third kappa shape index (κ3) is 1.98. The molecule has 1 N–H and O–H groups in total. The summed E-state index contributed by atoms with van der Waals surface area (Å²) in [6.45, 7) is 8.05. The second-order valence-electron chi connectivity index (χ2n) is 4.32. The molecule has 5 heteroatoms. The number of nitrogens with zero attached hydrogens (tertiary/aromatic N) is 1. The predicted octanol–water partition coefficient (Wildman–Crippen LogP) is 1.04. The number of hydrogen-bond acceptors (Lipinski definition) is 3. The minimum atomic E-state index is -0.473. The van der Waals surface area contributed by atoms with E-state index >= 15 is 0 Å². The van der Waals surface area contributed by atoms with Crippen LogP contribution < -0.4 is 11.2 Å². The number of aromatic nitrogens is 2. The van der Waals surface area contributed by atoms with Crippen LogP contribution in [0.3, 0.4) is 0 Å². The molecule has 1 aliphatic heterocycles. The molecule has 0 saturated carbocycles. The molecule has 0 amide bonds. The van der Waals surface area contributed by atoms with Crippen LogP contribution in [0.25, 0.3) is 0 Å². The van der Waals surface area contributed by atoms with Crippen LogP contribution in [0.2, 0.25) is 0 Å². The highest BCUT2D eigenvalue weighted by atomic mass is 16.5. The van der Waals surface area contributed by atoms with Gasteiger partial charge in [0.05, 0.1) is 6.10 Å². The number of hydrogen-bond donors (Lipinski definition) is 1. The lowest BCUT2D eigenvalue weighted by molar-refractivity contribution is -0.000339. The highest BCUT2D eigenvalue weighted by Gasteiger charge is 2.35. The summed E-state index contributed by atoms with van der Waals surface area (Å²) in [6.07, 6.45) is 1.92. The molecule has 0 aliphatic carbocycles. The molecule has 1 aromatic heterocycles. The van der Waals surface area contributed by atoms with Gasteiger partial charge in [-0.2, -0.15) is 0 Å². The Morgan fingerprint density at radius 2 is 2.24 bits per heavy atom. The number of ether oxygens (including phenoxy) is 1. The molecule has 0 unspecified atom stereocenters. The van der Waals surface area contributed by atoms with Gasteiger partial charge in [-0.3, -0.25) is 14.3 Å². The third-order valence-electron chi connectivity index (χ3n) is 3.27. The van der Waals surface area contributed by atoms with Gasteiger partial charge in [0.2, 0.25) is 0 Å². The molecule has 0 radical (unpaired) electrons. The van der Waals surface area contributed by atoms with Crippen molar-refractivity contribution < 1.29 is 4.74 Å².